The number of nitriles is 1. The number of nitrogens with zero attached hydrogens (tertiary/aromatic N) is 4. The van der Waals surface area contributed by atoms with Crippen LogP contribution in [0.15, 0.2) is 152 Å². The number of hydrogen-bond acceptors (Lipinski definition) is 4. The minimum atomic E-state index is 0.203. The molecule has 0 fully saturated rings. The molecule has 4 heteroatoms. The fourth-order valence-corrected chi connectivity index (χ4v) is 7.12. The molecule has 4 nitrogen and oxygen atoms in total. The molecule has 240 valence electrons. The van der Waals surface area contributed by atoms with Gasteiger partial charge in [0.1, 0.15) is 5.82 Å². The number of benzene rings is 5. The molecule has 0 radical (unpaired) electrons. The standard InChI is InChI=1S/C46H36N4/c47-31-32-15-13-20-35(29-32)38-23-7-9-25-40(38)42-27-11-12-28-43(42)41-26-10-8-24-39(41)36-21-14-22-37(30-36)46-49-44(33-16-3-1-4-17-33)48-45(50-46)34-18-5-2-6-19-34/h1,3,5,7-16,18,20-30,34H,2,4,6,17,19H2. The van der Waals surface area contributed by atoms with Crippen LogP contribution in [0.5, 0.6) is 0 Å². The quantitative estimate of drug-likeness (QED) is 0.162. The predicted octanol–water partition coefficient (Wildman–Crippen LogP) is 11.6. The predicted molar refractivity (Wildman–Crippen MR) is 204 cm³/mol. The lowest BCUT2D eigenvalue weighted by Crippen LogP contribution is -2.10. The third-order valence-corrected chi connectivity index (χ3v) is 9.64. The lowest BCUT2D eigenvalue weighted by Gasteiger charge is -2.18. The summed E-state index contributed by atoms with van der Waals surface area (Å²) in [6.07, 6.45) is 16.2. The molecule has 0 amide bonds. The van der Waals surface area contributed by atoms with E-state index < -0.39 is 0 Å². The van der Waals surface area contributed by atoms with Gasteiger partial charge >= 0.3 is 0 Å². The van der Waals surface area contributed by atoms with Gasteiger partial charge in [-0.2, -0.15) is 5.26 Å². The van der Waals surface area contributed by atoms with Crippen LogP contribution >= 0.6 is 0 Å². The summed E-state index contributed by atoms with van der Waals surface area (Å²) in [4.78, 5) is 15.2. The first kappa shape index (κ1) is 31.1. The molecule has 50 heavy (non-hydrogen) atoms. The highest BCUT2D eigenvalue weighted by molar-refractivity contribution is 5.96. The number of aromatic nitrogens is 3. The smallest absolute Gasteiger partial charge is 0.163 e. The average Bonchev–Trinajstić information content (AvgIpc) is 3.21. The van der Waals surface area contributed by atoms with E-state index in [1.807, 2.05) is 18.2 Å². The van der Waals surface area contributed by atoms with Crippen LogP contribution in [0, 0.1) is 11.3 Å². The summed E-state index contributed by atoms with van der Waals surface area (Å²) < 4.78 is 0. The fraction of sp³-hybridized carbons (Fsp3) is 0.130. The zero-order valence-electron chi connectivity index (χ0n) is 27.8. The second-order valence-corrected chi connectivity index (χ2v) is 12.9. The first-order valence-electron chi connectivity index (χ1n) is 17.4. The molecule has 0 N–H and O–H groups in total. The highest BCUT2D eigenvalue weighted by Crippen LogP contribution is 2.42. The van der Waals surface area contributed by atoms with Crippen LogP contribution in [0.3, 0.4) is 0 Å². The Hall–Kier alpha value is -6.18. The zero-order chi connectivity index (χ0) is 33.7. The van der Waals surface area contributed by atoms with Crippen molar-refractivity contribution in [3.63, 3.8) is 0 Å². The van der Waals surface area contributed by atoms with E-state index in [9.17, 15) is 5.26 Å². The largest absolute Gasteiger partial charge is 0.213 e. The Morgan fingerprint density at radius 3 is 1.78 bits per heavy atom. The Balaban J connectivity index is 1.23. The Labute approximate surface area is 293 Å². The Morgan fingerprint density at radius 1 is 0.560 bits per heavy atom. The van der Waals surface area contributed by atoms with Crippen LogP contribution in [0.25, 0.3) is 61.5 Å². The molecule has 0 saturated heterocycles. The maximum Gasteiger partial charge on any atom is 0.163 e. The van der Waals surface area contributed by atoms with Crippen molar-refractivity contribution in [1.29, 1.82) is 5.26 Å². The lowest BCUT2D eigenvalue weighted by atomic mass is 9.86. The molecular formula is C46H36N4. The molecule has 2 aliphatic carbocycles. The number of hydrogen-bond donors (Lipinski definition) is 0. The van der Waals surface area contributed by atoms with Crippen LogP contribution in [-0.2, 0) is 0 Å². The Morgan fingerprint density at radius 2 is 1.16 bits per heavy atom. The zero-order valence-corrected chi connectivity index (χ0v) is 27.8. The summed E-state index contributed by atoms with van der Waals surface area (Å²) in [7, 11) is 0. The normalized spacial score (nSPS) is 15.3. The van der Waals surface area contributed by atoms with E-state index in [1.54, 1.807) is 0 Å². The van der Waals surface area contributed by atoms with Crippen molar-refractivity contribution in [3.8, 4) is 62.0 Å². The number of rotatable bonds is 7. The van der Waals surface area contributed by atoms with Gasteiger partial charge in [-0.3, -0.25) is 0 Å². The second kappa shape index (κ2) is 14.1. The topological polar surface area (TPSA) is 62.5 Å². The molecule has 5 aromatic carbocycles. The van der Waals surface area contributed by atoms with Gasteiger partial charge in [0.15, 0.2) is 11.6 Å². The van der Waals surface area contributed by atoms with Gasteiger partial charge in [0, 0.05) is 11.5 Å². The van der Waals surface area contributed by atoms with Gasteiger partial charge < -0.3 is 0 Å². The molecule has 0 saturated carbocycles. The van der Waals surface area contributed by atoms with Crippen molar-refractivity contribution < 1.29 is 0 Å². The van der Waals surface area contributed by atoms with Crippen molar-refractivity contribution in [2.24, 2.45) is 0 Å². The fourth-order valence-electron chi connectivity index (χ4n) is 7.12. The van der Waals surface area contributed by atoms with Gasteiger partial charge in [0.2, 0.25) is 0 Å². The number of allylic oxidation sites excluding steroid dienone is 6. The molecule has 1 atom stereocenters. The second-order valence-electron chi connectivity index (χ2n) is 12.9. The summed E-state index contributed by atoms with van der Waals surface area (Å²) >= 11 is 0. The minimum absolute atomic E-state index is 0.203. The molecule has 0 spiro atoms. The van der Waals surface area contributed by atoms with Crippen LogP contribution in [-0.4, -0.2) is 15.0 Å². The van der Waals surface area contributed by atoms with Gasteiger partial charge in [-0.05, 0) is 100 Å². The molecule has 1 heterocycles. The molecule has 2 aliphatic rings. The summed E-state index contributed by atoms with van der Waals surface area (Å²) in [6, 6.07) is 44.4. The molecule has 8 rings (SSSR count). The van der Waals surface area contributed by atoms with Crippen molar-refractivity contribution in [1.82, 2.24) is 15.0 Å². The van der Waals surface area contributed by atoms with Crippen molar-refractivity contribution in [3.05, 3.63) is 169 Å². The molecule has 1 unspecified atom stereocenters. The minimum Gasteiger partial charge on any atom is -0.213 e. The van der Waals surface area contributed by atoms with Crippen LogP contribution < -0.4 is 0 Å². The maximum absolute atomic E-state index is 9.60. The van der Waals surface area contributed by atoms with E-state index in [0.29, 0.717) is 11.4 Å². The van der Waals surface area contributed by atoms with Crippen molar-refractivity contribution in [2.75, 3.05) is 0 Å². The van der Waals surface area contributed by atoms with Gasteiger partial charge in [-0.1, -0.05) is 134 Å². The summed E-state index contributed by atoms with van der Waals surface area (Å²) in [6.45, 7) is 0. The molecular weight excluding hydrogens is 609 g/mol. The average molecular weight is 645 g/mol. The molecule has 6 aromatic rings. The first-order valence-corrected chi connectivity index (χ1v) is 17.4. The Bertz CT molecular complexity index is 2340. The summed E-state index contributed by atoms with van der Waals surface area (Å²) in [5.41, 5.74) is 11.7. The van der Waals surface area contributed by atoms with Gasteiger partial charge in [-0.25, -0.2) is 15.0 Å². The highest BCUT2D eigenvalue weighted by Gasteiger charge is 2.20. The SMILES string of the molecule is N#Cc1cccc(-c2ccccc2-c2ccccc2-c2ccccc2-c2cccc(-c3nc(C4=CC=CCC4)nc(C4C=CCCC4)n3)c2)c1. The van der Waals surface area contributed by atoms with E-state index in [2.05, 4.69) is 140 Å². The Kier molecular flexibility index (Phi) is 8.79. The monoisotopic (exact) mass is 644 g/mol. The van der Waals surface area contributed by atoms with E-state index in [0.717, 1.165) is 99.4 Å². The van der Waals surface area contributed by atoms with Gasteiger partial charge in [0.25, 0.3) is 0 Å². The van der Waals surface area contributed by atoms with E-state index >= 15 is 0 Å². The maximum atomic E-state index is 9.60. The lowest BCUT2D eigenvalue weighted by molar-refractivity contribution is 0.621. The van der Waals surface area contributed by atoms with Crippen LogP contribution in [0.1, 0.15) is 55.2 Å². The van der Waals surface area contributed by atoms with Gasteiger partial charge in [-0.15, -0.1) is 0 Å². The molecule has 0 aliphatic heterocycles. The van der Waals surface area contributed by atoms with Crippen LogP contribution in [0.2, 0.25) is 0 Å². The first-order chi connectivity index (χ1) is 24.7. The van der Waals surface area contributed by atoms with Gasteiger partial charge in [0.05, 0.1) is 11.6 Å². The highest BCUT2D eigenvalue weighted by atomic mass is 15.0. The van der Waals surface area contributed by atoms with E-state index in [-0.39, 0.29) is 5.92 Å². The van der Waals surface area contributed by atoms with Crippen molar-refractivity contribution >= 4 is 5.57 Å². The molecule has 0 bridgehead atoms. The van der Waals surface area contributed by atoms with Crippen molar-refractivity contribution in [2.45, 2.75) is 38.0 Å². The third-order valence-electron chi connectivity index (χ3n) is 9.64. The summed E-state index contributed by atoms with van der Waals surface area (Å²) in [5.74, 6) is 2.56. The third kappa shape index (κ3) is 6.34. The van der Waals surface area contributed by atoms with Crippen LogP contribution in [0.4, 0.5) is 0 Å². The molecule has 1 aromatic heterocycles. The van der Waals surface area contributed by atoms with E-state index in [4.69, 9.17) is 15.0 Å². The summed E-state index contributed by atoms with van der Waals surface area (Å²) in [5, 5.41) is 9.60. The van der Waals surface area contributed by atoms with E-state index in [1.165, 1.54) is 0 Å².